The second-order valence-electron chi connectivity index (χ2n) is 14.4. The second kappa shape index (κ2) is 13.7. The molecule has 11 aromatic rings. The van der Waals surface area contributed by atoms with Crippen molar-refractivity contribution >= 4 is 84.2 Å². The van der Waals surface area contributed by atoms with Gasteiger partial charge in [0.15, 0.2) is 11.7 Å². The molecule has 0 spiro atoms. The molecule has 0 saturated carbocycles. The van der Waals surface area contributed by atoms with Crippen LogP contribution in [0.15, 0.2) is 204 Å². The highest BCUT2D eigenvalue weighted by Gasteiger charge is 2.20. The number of amidine groups is 2. The molecule has 11 rings (SSSR count). The van der Waals surface area contributed by atoms with Gasteiger partial charge in [-0.1, -0.05) is 133 Å². The summed E-state index contributed by atoms with van der Waals surface area (Å²) in [4.78, 5) is 15.0. The minimum Gasteiger partial charge on any atom is -0.456 e. The highest BCUT2D eigenvalue weighted by Crippen LogP contribution is 2.40. The highest BCUT2D eigenvalue weighted by atomic mass is 16.3. The van der Waals surface area contributed by atoms with Crippen LogP contribution in [0.5, 0.6) is 0 Å². The van der Waals surface area contributed by atoms with E-state index in [2.05, 4.69) is 109 Å². The first kappa shape index (κ1) is 33.5. The average molecular weight is 748 g/mol. The molecule has 0 aliphatic carbocycles. The molecule has 3 aromatic heterocycles. The molecule has 0 bridgehead atoms. The number of rotatable bonds is 6. The first-order valence-corrected chi connectivity index (χ1v) is 19.2. The van der Waals surface area contributed by atoms with Crippen molar-refractivity contribution in [1.29, 1.82) is 0 Å². The Hall–Kier alpha value is -7.83. The van der Waals surface area contributed by atoms with Crippen LogP contribution in [0.2, 0.25) is 0 Å². The van der Waals surface area contributed by atoms with Gasteiger partial charge in [-0.25, -0.2) is 9.98 Å². The minimum absolute atomic E-state index is 0.388. The summed E-state index contributed by atoms with van der Waals surface area (Å²) in [5.41, 5.74) is 11.6. The third-order valence-electron chi connectivity index (χ3n) is 10.9. The summed E-state index contributed by atoms with van der Waals surface area (Å²) in [5, 5.41) is 6.02. The number of fused-ring (bicyclic) bond motifs is 9. The van der Waals surface area contributed by atoms with Gasteiger partial charge in [0.2, 0.25) is 0 Å². The van der Waals surface area contributed by atoms with Crippen molar-refractivity contribution in [3.05, 3.63) is 193 Å². The van der Waals surface area contributed by atoms with Gasteiger partial charge in [-0.3, -0.25) is 4.99 Å². The van der Waals surface area contributed by atoms with Gasteiger partial charge < -0.3 is 13.3 Å². The lowest BCUT2D eigenvalue weighted by atomic mass is 9.99. The molecular weight excluding hydrogens is 715 g/mol. The Morgan fingerprint density at radius 1 is 0.431 bits per heavy atom. The van der Waals surface area contributed by atoms with E-state index in [1.54, 1.807) is 0 Å². The number of nitrogens with zero attached hydrogens (tertiary/aromatic N) is 3. The van der Waals surface area contributed by atoms with Gasteiger partial charge in [0.1, 0.15) is 33.5 Å². The molecule has 0 fully saturated rings. The van der Waals surface area contributed by atoms with Crippen LogP contribution in [0, 0.1) is 0 Å². The highest BCUT2D eigenvalue weighted by molar-refractivity contribution is 6.24. The maximum atomic E-state index is 6.70. The number of para-hydroxylation sites is 4. The van der Waals surface area contributed by atoms with Crippen molar-refractivity contribution in [2.24, 2.45) is 15.0 Å². The van der Waals surface area contributed by atoms with E-state index in [0.29, 0.717) is 23.8 Å². The smallest absolute Gasteiger partial charge is 0.161 e. The predicted molar refractivity (Wildman–Crippen MR) is 238 cm³/mol. The monoisotopic (exact) mass is 747 g/mol. The van der Waals surface area contributed by atoms with E-state index in [1.807, 2.05) is 78.9 Å². The molecule has 0 aliphatic rings. The molecule has 0 saturated heterocycles. The van der Waals surface area contributed by atoms with Crippen molar-refractivity contribution in [3.8, 4) is 22.3 Å². The Labute approximate surface area is 332 Å². The van der Waals surface area contributed by atoms with Crippen LogP contribution in [-0.2, 0) is 6.54 Å². The Morgan fingerprint density at radius 3 is 1.93 bits per heavy atom. The van der Waals surface area contributed by atoms with Crippen LogP contribution in [0.25, 0.3) is 88.1 Å². The van der Waals surface area contributed by atoms with Crippen molar-refractivity contribution < 1.29 is 13.3 Å². The second-order valence-corrected chi connectivity index (χ2v) is 14.4. The number of hydrogen-bond donors (Lipinski definition) is 0. The third-order valence-corrected chi connectivity index (χ3v) is 10.9. The number of aliphatic imine (C=N–C) groups is 3. The first-order valence-electron chi connectivity index (χ1n) is 19.2. The molecule has 8 aromatic carbocycles. The molecule has 6 nitrogen and oxygen atoms in total. The van der Waals surface area contributed by atoms with E-state index in [9.17, 15) is 0 Å². The van der Waals surface area contributed by atoms with Crippen molar-refractivity contribution in [1.82, 2.24) is 0 Å². The summed E-state index contributed by atoms with van der Waals surface area (Å²) in [5.74, 6) is 0.915. The lowest BCUT2D eigenvalue weighted by Gasteiger charge is -2.08. The molecule has 274 valence electrons. The van der Waals surface area contributed by atoms with Gasteiger partial charge in [0.05, 0.1) is 12.1 Å². The van der Waals surface area contributed by atoms with Gasteiger partial charge in [0, 0.05) is 43.4 Å². The third kappa shape index (κ3) is 5.61. The van der Waals surface area contributed by atoms with Crippen LogP contribution in [0.3, 0.4) is 0 Å². The fourth-order valence-corrected chi connectivity index (χ4v) is 8.19. The number of benzene rings is 8. The van der Waals surface area contributed by atoms with E-state index >= 15 is 0 Å². The topological polar surface area (TPSA) is 76.5 Å². The Balaban J connectivity index is 1.07. The first-order chi connectivity index (χ1) is 28.7. The average Bonchev–Trinajstić information content (AvgIpc) is 3.98. The Morgan fingerprint density at radius 2 is 1.07 bits per heavy atom. The predicted octanol–water partition coefficient (Wildman–Crippen LogP) is 13.8. The zero-order valence-corrected chi connectivity index (χ0v) is 31.2. The lowest BCUT2D eigenvalue weighted by molar-refractivity contribution is 0.668. The van der Waals surface area contributed by atoms with Gasteiger partial charge in [-0.15, -0.1) is 0 Å². The van der Waals surface area contributed by atoms with E-state index in [0.717, 1.165) is 99.2 Å². The fraction of sp³-hybridized carbons (Fsp3) is 0.0192. The number of furan rings is 3. The molecule has 0 aliphatic heterocycles. The van der Waals surface area contributed by atoms with Crippen molar-refractivity contribution in [2.45, 2.75) is 6.54 Å². The van der Waals surface area contributed by atoms with Crippen LogP contribution in [0.1, 0.15) is 16.7 Å². The SMILES string of the molecule is C=N/C(=N\C(=N/Cc1cccc(-c2ccccc2)c1)c1cccc2c1oc1ccccc12)c1cccc2oc3c(-c4ccc5oc6ccccc6c5c4)cccc3c12. The zero-order chi connectivity index (χ0) is 38.6. The van der Waals surface area contributed by atoms with E-state index in [1.165, 1.54) is 0 Å². The summed E-state index contributed by atoms with van der Waals surface area (Å²) in [7, 11) is 0. The summed E-state index contributed by atoms with van der Waals surface area (Å²) in [6.45, 7) is 4.42. The van der Waals surface area contributed by atoms with E-state index in [4.69, 9.17) is 23.2 Å². The molecular formula is C52H33N3O3. The molecule has 58 heavy (non-hydrogen) atoms. The quantitative estimate of drug-likeness (QED) is 0.125. The molecule has 0 radical (unpaired) electrons. The molecule has 0 atom stereocenters. The maximum absolute atomic E-state index is 6.70. The minimum atomic E-state index is 0.388. The van der Waals surface area contributed by atoms with E-state index < -0.39 is 0 Å². The fourth-order valence-electron chi connectivity index (χ4n) is 8.19. The van der Waals surface area contributed by atoms with Crippen LogP contribution < -0.4 is 0 Å². The van der Waals surface area contributed by atoms with Crippen molar-refractivity contribution in [3.63, 3.8) is 0 Å². The number of hydrogen-bond acceptors (Lipinski definition) is 4. The van der Waals surface area contributed by atoms with E-state index in [-0.39, 0.29) is 0 Å². The molecule has 6 heteroatoms. The standard InChI is InChI=1S/C52H33N3O3/c1-53-51(41-22-12-26-47-48(41)40-21-10-19-36(49(40)58-47)35-27-28-46-43(30-35)38-18-6-7-24-44(38)56-46)55-52(42-23-11-20-39-37-17-5-8-25-45(37)57-50(39)42)54-31-32-13-9-16-34(29-32)33-14-3-2-4-15-33/h2-30H,1,31H2/b54-52-,55-51-. The maximum Gasteiger partial charge on any atom is 0.161 e. The van der Waals surface area contributed by atoms with Gasteiger partial charge in [-0.05, 0) is 71.4 Å². The summed E-state index contributed by atoms with van der Waals surface area (Å²) in [6.07, 6.45) is 0. The summed E-state index contributed by atoms with van der Waals surface area (Å²) >= 11 is 0. The van der Waals surface area contributed by atoms with Gasteiger partial charge in [0.25, 0.3) is 0 Å². The molecule has 3 heterocycles. The lowest BCUT2D eigenvalue weighted by Crippen LogP contribution is -2.06. The summed E-state index contributed by atoms with van der Waals surface area (Å²) < 4.78 is 19.3. The largest absolute Gasteiger partial charge is 0.456 e. The van der Waals surface area contributed by atoms with Crippen molar-refractivity contribution in [2.75, 3.05) is 0 Å². The van der Waals surface area contributed by atoms with Gasteiger partial charge in [-0.2, -0.15) is 0 Å². The van der Waals surface area contributed by atoms with Crippen LogP contribution in [0.4, 0.5) is 0 Å². The zero-order valence-electron chi connectivity index (χ0n) is 31.2. The molecule has 0 N–H and O–H groups in total. The molecule has 0 unspecified atom stereocenters. The normalized spacial score (nSPS) is 12.5. The summed E-state index contributed by atoms with van der Waals surface area (Å²) in [6, 6.07) is 59.6. The van der Waals surface area contributed by atoms with Gasteiger partial charge >= 0.3 is 0 Å². The van der Waals surface area contributed by atoms with Crippen LogP contribution in [-0.4, -0.2) is 18.4 Å². The van der Waals surface area contributed by atoms with Crippen LogP contribution >= 0.6 is 0 Å². The Kier molecular flexibility index (Phi) is 7.93. The Bertz CT molecular complexity index is 3460. The molecule has 0 amide bonds.